The summed E-state index contributed by atoms with van der Waals surface area (Å²) in [6, 6.07) is 34.1. The van der Waals surface area contributed by atoms with Crippen LogP contribution in [0.1, 0.15) is 99.6 Å². The van der Waals surface area contributed by atoms with Crippen LogP contribution in [0.5, 0.6) is 0 Å². The van der Waals surface area contributed by atoms with Gasteiger partial charge in [-0.15, -0.1) is 11.8 Å². The lowest BCUT2D eigenvalue weighted by atomic mass is 9.74. The minimum Gasteiger partial charge on any atom is -0.224 e. The molecule has 2 heterocycles. The zero-order chi connectivity index (χ0) is 31.5. The highest BCUT2D eigenvalue weighted by Gasteiger charge is 2.36. The number of hydrogen-bond acceptors (Lipinski definition) is 3. The summed E-state index contributed by atoms with van der Waals surface area (Å²) in [6.07, 6.45) is 3.89. The minimum atomic E-state index is -3.12. The van der Waals surface area contributed by atoms with E-state index in [1.54, 1.807) is 5.56 Å². The van der Waals surface area contributed by atoms with Gasteiger partial charge in [-0.05, 0) is 99.6 Å². The fraction of sp³-hybridized carbons (Fsp3) is 0.400. The molecule has 4 aromatic rings. The van der Waals surface area contributed by atoms with Crippen molar-refractivity contribution in [1.82, 2.24) is 0 Å². The van der Waals surface area contributed by atoms with Gasteiger partial charge in [0.25, 0.3) is 0 Å². The second-order valence-corrected chi connectivity index (χ2v) is 17.9. The van der Waals surface area contributed by atoms with Crippen molar-refractivity contribution in [3.63, 3.8) is 0 Å². The normalized spacial score (nSPS) is 19.2. The Labute approximate surface area is 270 Å². The molecule has 0 amide bonds. The molecule has 0 N–H and O–H groups in total. The van der Waals surface area contributed by atoms with Crippen LogP contribution in [0.15, 0.2) is 107 Å². The summed E-state index contributed by atoms with van der Waals surface area (Å²) in [5.74, 6) is 2.49. The summed E-state index contributed by atoms with van der Waals surface area (Å²) >= 11 is 2.02. The molecule has 2 aliphatic heterocycles. The molecule has 232 valence electrons. The molecule has 0 fully saturated rings. The van der Waals surface area contributed by atoms with Gasteiger partial charge >= 0.3 is 0 Å². The highest BCUT2D eigenvalue weighted by Crippen LogP contribution is 2.47. The monoisotopic (exact) mass is 624 g/mol. The second kappa shape index (κ2) is 13.3. The van der Waals surface area contributed by atoms with Crippen molar-refractivity contribution >= 4 is 21.6 Å². The van der Waals surface area contributed by atoms with Crippen LogP contribution in [0.2, 0.25) is 0 Å². The zero-order valence-corrected chi connectivity index (χ0v) is 28.9. The van der Waals surface area contributed by atoms with Crippen molar-refractivity contribution in [3.05, 3.63) is 130 Å². The van der Waals surface area contributed by atoms with Gasteiger partial charge in [0.1, 0.15) is 0 Å². The Morgan fingerprint density at radius 2 is 1.11 bits per heavy atom. The summed E-state index contributed by atoms with van der Waals surface area (Å²) < 4.78 is 24.8. The molecular formula is C40H48O2S2. The van der Waals surface area contributed by atoms with E-state index in [-0.39, 0.29) is 17.1 Å². The molecule has 0 saturated carbocycles. The smallest absolute Gasteiger partial charge is 0.178 e. The van der Waals surface area contributed by atoms with Gasteiger partial charge in [-0.1, -0.05) is 126 Å². The first-order valence-corrected chi connectivity index (χ1v) is 18.6. The maximum atomic E-state index is 12.4. The maximum absolute atomic E-state index is 12.4. The lowest BCUT2D eigenvalue weighted by Gasteiger charge is -2.35. The van der Waals surface area contributed by atoms with E-state index in [1.807, 2.05) is 42.1 Å². The van der Waals surface area contributed by atoms with E-state index in [1.165, 1.54) is 39.3 Å². The van der Waals surface area contributed by atoms with E-state index in [9.17, 15) is 8.42 Å². The quantitative estimate of drug-likeness (QED) is 0.227. The van der Waals surface area contributed by atoms with Crippen molar-refractivity contribution in [2.45, 2.75) is 88.9 Å². The molecule has 4 aromatic carbocycles. The average molecular weight is 625 g/mol. The van der Waals surface area contributed by atoms with Crippen molar-refractivity contribution in [3.8, 4) is 0 Å². The van der Waals surface area contributed by atoms with Crippen LogP contribution in [0.3, 0.4) is 0 Å². The Balaban J connectivity index is 0.000000175. The molecule has 0 bridgehead atoms. The number of rotatable bonds is 4. The summed E-state index contributed by atoms with van der Waals surface area (Å²) in [7, 11) is -3.12. The van der Waals surface area contributed by atoms with Gasteiger partial charge < -0.3 is 0 Å². The first-order chi connectivity index (χ1) is 20.8. The van der Waals surface area contributed by atoms with Gasteiger partial charge in [-0.3, -0.25) is 0 Å². The van der Waals surface area contributed by atoms with Gasteiger partial charge in [-0.25, -0.2) is 8.42 Å². The van der Waals surface area contributed by atoms with Gasteiger partial charge in [0.05, 0.1) is 10.6 Å². The largest absolute Gasteiger partial charge is 0.224 e. The van der Waals surface area contributed by atoms with Crippen LogP contribution in [0, 0.1) is 10.8 Å². The Kier molecular flexibility index (Phi) is 9.82. The molecule has 2 unspecified atom stereocenters. The molecule has 0 aliphatic carbocycles. The van der Waals surface area contributed by atoms with E-state index in [4.69, 9.17) is 0 Å². The molecule has 0 saturated heterocycles. The number of fused-ring (bicyclic) bond motifs is 2. The van der Waals surface area contributed by atoms with Crippen LogP contribution in [-0.4, -0.2) is 19.9 Å². The van der Waals surface area contributed by atoms with Gasteiger partial charge in [0, 0.05) is 4.90 Å². The fourth-order valence-corrected chi connectivity index (χ4v) is 9.53. The maximum Gasteiger partial charge on any atom is 0.178 e. The Bertz CT molecular complexity index is 1660. The highest BCUT2D eigenvalue weighted by molar-refractivity contribution is 7.99. The second-order valence-electron chi connectivity index (χ2n) is 14.7. The molecule has 2 atom stereocenters. The third-order valence-electron chi connectivity index (χ3n) is 9.17. The first-order valence-electron chi connectivity index (χ1n) is 16.0. The lowest BCUT2D eigenvalue weighted by Crippen LogP contribution is -2.28. The van der Waals surface area contributed by atoms with Crippen LogP contribution in [0.4, 0.5) is 0 Å². The van der Waals surface area contributed by atoms with Gasteiger partial charge in [0.15, 0.2) is 9.84 Å². The number of benzene rings is 4. The standard InChI is InChI=1S/C20H24O2S.C20H24S/c1-20(2,3)18-11-12-23(21,22)19-10-9-16(14-17(18)19)13-15-7-5-4-6-8-15;1-20(2,3)18-11-12-21-19-10-9-16(14-17(18)19)13-15-7-5-4-6-8-15/h4-10,14,18H,11-13H2,1-3H3;4-10,14,18H,11-13H2,1-3H3. The highest BCUT2D eigenvalue weighted by atomic mass is 32.2. The van der Waals surface area contributed by atoms with Crippen LogP contribution < -0.4 is 0 Å². The third-order valence-corrected chi connectivity index (χ3v) is 12.1. The van der Waals surface area contributed by atoms with Crippen LogP contribution in [0.25, 0.3) is 0 Å². The van der Waals surface area contributed by atoms with E-state index >= 15 is 0 Å². The molecule has 4 heteroatoms. The third kappa shape index (κ3) is 7.87. The number of thioether (sulfide) groups is 1. The predicted molar refractivity (Wildman–Crippen MR) is 188 cm³/mol. The van der Waals surface area contributed by atoms with Gasteiger partial charge in [0.2, 0.25) is 0 Å². The van der Waals surface area contributed by atoms with Crippen molar-refractivity contribution < 1.29 is 8.42 Å². The van der Waals surface area contributed by atoms with Crippen molar-refractivity contribution in [2.75, 3.05) is 11.5 Å². The molecule has 0 aromatic heterocycles. The molecular weight excluding hydrogens is 577 g/mol. The Morgan fingerprint density at radius 1 is 0.614 bits per heavy atom. The summed E-state index contributed by atoms with van der Waals surface area (Å²) in [6.45, 7) is 13.7. The minimum absolute atomic E-state index is 0.0655. The van der Waals surface area contributed by atoms with Crippen LogP contribution >= 0.6 is 11.8 Å². The molecule has 2 aliphatic rings. The molecule has 44 heavy (non-hydrogen) atoms. The summed E-state index contributed by atoms with van der Waals surface area (Å²) in [5.41, 5.74) is 8.27. The Hall–Kier alpha value is -2.82. The number of sulfone groups is 1. The Morgan fingerprint density at radius 3 is 1.66 bits per heavy atom. The molecule has 0 radical (unpaired) electrons. The van der Waals surface area contributed by atoms with E-state index < -0.39 is 9.84 Å². The van der Waals surface area contributed by atoms with Crippen molar-refractivity contribution in [1.29, 1.82) is 0 Å². The molecule has 2 nitrogen and oxygen atoms in total. The fourth-order valence-electron chi connectivity index (χ4n) is 6.82. The molecule has 0 spiro atoms. The van der Waals surface area contributed by atoms with E-state index in [0.717, 1.165) is 18.4 Å². The number of hydrogen-bond donors (Lipinski definition) is 0. The van der Waals surface area contributed by atoms with E-state index in [0.29, 0.717) is 22.6 Å². The average Bonchev–Trinajstić information content (AvgIpc) is 2.97. The topological polar surface area (TPSA) is 34.1 Å². The van der Waals surface area contributed by atoms with Crippen LogP contribution in [-0.2, 0) is 22.7 Å². The predicted octanol–water partition coefficient (Wildman–Crippen LogP) is 10.5. The lowest BCUT2D eigenvalue weighted by molar-refractivity contribution is 0.305. The summed E-state index contributed by atoms with van der Waals surface area (Å²) in [5, 5.41) is 0. The van der Waals surface area contributed by atoms with Gasteiger partial charge in [-0.2, -0.15) is 0 Å². The zero-order valence-electron chi connectivity index (χ0n) is 27.3. The van der Waals surface area contributed by atoms with E-state index in [2.05, 4.69) is 108 Å². The SMILES string of the molecule is CC(C)(C)C1CCS(=O)(=O)c2ccc(Cc3ccccc3)cc21.CC(C)(C)C1CCSc2ccc(Cc3ccccc3)cc21. The van der Waals surface area contributed by atoms with Crippen molar-refractivity contribution in [2.24, 2.45) is 10.8 Å². The first kappa shape index (κ1) is 32.6. The molecule has 6 rings (SSSR count). The summed E-state index contributed by atoms with van der Waals surface area (Å²) in [4.78, 5) is 2.04.